The second-order valence-corrected chi connectivity index (χ2v) is 7.55. The zero-order valence-electron chi connectivity index (χ0n) is 10.8. The van der Waals surface area contributed by atoms with Crippen LogP contribution in [0.1, 0.15) is 11.1 Å². The normalized spacial score (nSPS) is 12.0. The van der Waals surface area contributed by atoms with Crippen molar-refractivity contribution in [2.45, 2.75) is 5.75 Å². The van der Waals surface area contributed by atoms with E-state index in [-0.39, 0.29) is 5.75 Å². The minimum atomic E-state index is -3.37. The Morgan fingerprint density at radius 3 is 2.19 bits per heavy atom. The minimum absolute atomic E-state index is 0.0814. The van der Waals surface area contributed by atoms with Gasteiger partial charge in [-0.25, -0.2) is 8.42 Å². The zero-order chi connectivity index (χ0) is 15.5. The lowest BCUT2D eigenvalue weighted by molar-refractivity contribution is 0.604. The van der Waals surface area contributed by atoms with Gasteiger partial charge in [0.05, 0.1) is 15.8 Å². The summed E-state index contributed by atoms with van der Waals surface area (Å²) < 4.78 is 24.1. The lowest BCUT2D eigenvalue weighted by atomic mass is 10.2. The monoisotopic (exact) mass is 360 g/mol. The maximum Gasteiger partial charge on any atom is 0.175 e. The molecule has 0 bridgehead atoms. The molecule has 0 atom stereocenters. The first-order chi connectivity index (χ1) is 9.85. The summed E-state index contributed by atoms with van der Waals surface area (Å²) in [7, 11) is -3.37. The topological polar surface area (TPSA) is 34.1 Å². The van der Waals surface area contributed by atoms with E-state index < -0.39 is 9.84 Å². The summed E-state index contributed by atoms with van der Waals surface area (Å²) >= 11 is 17.5. The maximum atomic E-state index is 12.0. The van der Waals surface area contributed by atoms with Gasteiger partial charge in [-0.3, -0.25) is 0 Å². The predicted molar refractivity (Wildman–Crippen MR) is 89.6 cm³/mol. The third-order valence-electron chi connectivity index (χ3n) is 2.69. The van der Waals surface area contributed by atoms with Gasteiger partial charge in [-0.15, -0.1) is 0 Å². The van der Waals surface area contributed by atoms with Crippen molar-refractivity contribution in [3.05, 3.63) is 74.1 Å². The molecule has 0 saturated carbocycles. The van der Waals surface area contributed by atoms with Crippen molar-refractivity contribution >= 4 is 50.7 Å². The van der Waals surface area contributed by atoms with Gasteiger partial charge in [0.1, 0.15) is 0 Å². The van der Waals surface area contributed by atoms with Crippen LogP contribution in [0.25, 0.3) is 6.08 Å². The van der Waals surface area contributed by atoms with E-state index in [1.54, 1.807) is 42.5 Å². The first-order valence-electron chi connectivity index (χ1n) is 5.96. The molecular formula is C15H11Cl3O2S. The minimum Gasteiger partial charge on any atom is -0.224 e. The molecule has 0 aliphatic carbocycles. The van der Waals surface area contributed by atoms with Crippen molar-refractivity contribution < 1.29 is 8.42 Å². The second kappa shape index (κ2) is 6.84. The van der Waals surface area contributed by atoms with Gasteiger partial charge in [-0.05, 0) is 41.5 Å². The average molecular weight is 362 g/mol. The Morgan fingerprint density at radius 2 is 1.57 bits per heavy atom. The highest BCUT2D eigenvalue weighted by Gasteiger charge is 2.08. The standard InChI is InChI=1S/C15H11Cl3O2S/c16-13-4-1-12(2-5-13)10-21(19,20)8-7-11-3-6-14(17)15(18)9-11/h1-9H,10H2. The molecular weight excluding hydrogens is 351 g/mol. The lowest BCUT2D eigenvalue weighted by Crippen LogP contribution is -1.99. The summed E-state index contributed by atoms with van der Waals surface area (Å²) in [4.78, 5) is 0. The van der Waals surface area contributed by atoms with Crippen LogP contribution >= 0.6 is 34.8 Å². The van der Waals surface area contributed by atoms with E-state index in [1.807, 2.05) is 0 Å². The van der Waals surface area contributed by atoms with Gasteiger partial charge in [0.2, 0.25) is 0 Å². The van der Waals surface area contributed by atoms with Crippen molar-refractivity contribution in [3.8, 4) is 0 Å². The summed E-state index contributed by atoms with van der Waals surface area (Å²) in [6.45, 7) is 0. The molecule has 0 unspecified atom stereocenters. The molecule has 0 aliphatic rings. The van der Waals surface area contributed by atoms with E-state index in [2.05, 4.69) is 0 Å². The molecule has 2 aromatic rings. The van der Waals surface area contributed by atoms with Crippen molar-refractivity contribution in [1.29, 1.82) is 0 Å². The van der Waals surface area contributed by atoms with Crippen molar-refractivity contribution in [3.63, 3.8) is 0 Å². The lowest BCUT2D eigenvalue weighted by Gasteiger charge is -2.01. The van der Waals surface area contributed by atoms with Crippen LogP contribution in [0, 0.1) is 0 Å². The highest BCUT2D eigenvalue weighted by Crippen LogP contribution is 2.23. The maximum absolute atomic E-state index is 12.0. The average Bonchev–Trinajstić information content (AvgIpc) is 2.43. The molecule has 0 amide bonds. The number of hydrogen-bond acceptors (Lipinski definition) is 2. The van der Waals surface area contributed by atoms with Crippen LogP contribution in [-0.2, 0) is 15.6 Å². The highest BCUT2D eigenvalue weighted by atomic mass is 35.5. The van der Waals surface area contributed by atoms with E-state index in [4.69, 9.17) is 34.8 Å². The number of hydrogen-bond donors (Lipinski definition) is 0. The van der Waals surface area contributed by atoms with Crippen LogP contribution in [0.15, 0.2) is 47.9 Å². The first-order valence-corrected chi connectivity index (χ1v) is 8.81. The van der Waals surface area contributed by atoms with E-state index >= 15 is 0 Å². The van der Waals surface area contributed by atoms with E-state index in [0.29, 0.717) is 26.2 Å². The van der Waals surface area contributed by atoms with Crippen LogP contribution < -0.4 is 0 Å². The van der Waals surface area contributed by atoms with E-state index in [0.717, 1.165) is 0 Å². The third kappa shape index (κ3) is 5.04. The van der Waals surface area contributed by atoms with Crippen LogP contribution in [-0.4, -0.2) is 8.42 Å². The first kappa shape index (κ1) is 16.4. The summed E-state index contributed by atoms with van der Waals surface area (Å²) in [5, 5.41) is 2.55. The summed E-state index contributed by atoms with van der Waals surface area (Å²) in [6.07, 6.45) is 1.49. The zero-order valence-corrected chi connectivity index (χ0v) is 13.8. The Morgan fingerprint density at radius 1 is 0.905 bits per heavy atom. The van der Waals surface area contributed by atoms with Gasteiger partial charge in [0, 0.05) is 10.4 Å². The van der Waals surface area contributed by atoms with Crippen LogP contribution in [0.2, 0.25) is 15.1 Å². The Hall–Kier alpha value is -1.00. The third-order valence-corrected chi connectivity index (χ3v) is 4.97. The molecule has 0 radical (unpaired) electrons. The molecule has 0 aromatic heterocycles. The fourth-order valence-corrected chi connectivity index (χ4v) is 3.21. The van der Waals surface area contributed by atoms with Crippen molar-refractivity contribution in [1.82, 2.24) is 0 Å². The number of rotatable bonds is 4. The van der Waals surface area contributed by atoms with Crippen molar-refractivity contribution in [2.24, 2.45) is 0 Å². The van der Waals surface area contributed by atoms with Crippen LogP contribution in [0.3, 0.4) is 0 Å². The van der Waals surface area contributed by atoms with E-state index in [1.165, 1.54) is 11.5 Å². The molecule has 110 valence electrons. The fourth-order valence-electron chi connectivity index (χ4n) is 1.66. The SMILES string of the molecule is O=S(=O)(C=Cc1ccc(Cl)c(Cl)c1)Cc1ccc(Cl)cc1. The Balaban J connectivity index is 2.14. The second-order valence-electron chi connectivity index (χ2n) is 4.41. The molecule has 21 heavy (non-hydrogen) atoms. The van der Waals surface area contributed by atoms with Gasteiger partial charge in [0.15, 0.2) is 9.84 Å². The Labute approximate surface area is 138 Å². The number of halogens is 3. The molecule has 2 aromatic carbocycles. The van der Waals surface area contributed by atoms with E-state index in [9.17, 15) is 8.42 Å². The Kier molecular flexibility index (Phi) is 5.33. The molecule has 0 aliphatic heterocycles. The fraction of sp³-hybridized carbons (Fsp3) is 0.0667. The molecule has 0 N–H and O–H groups in total. The summed E-state index contributed by atoms with van der Waals surface area (Å²) in [6, 6.07) is 11.6. The molecule has 2 rings (SSSR count). The van der Waals surface area contributed by atoms with Gasteiger partial charge >= 0.3 is 0 Å². The Bertz CT molecular complexity index is 766. The summed E-state index contributed by atoms with van der Waals surface area (Å²) in [5.41, 5.74) is 1.35. The molecule has 2 nitrogen and oxygen atoms in total. The van der Waals surface area contributed by atoms with Gasteiger partial charge < -0.3 is 0 Å². The highest BCUT2D eigenvalue weighted by molar-refractivity contribution is 7.93. The predicted octanol–water partition coefficient (Wildman–Crippen LogP) is 5.23. The van der Waals surface area contributed by atoms with Crippen LogP contribution in [0.5, 0.6) is 0 Å². The van der Waals surface area contributed by atoms with Gasteiger partial charge in [0.25, 0.3) is 0 Å². The van der Waals surface area contributed by atoms with Gasteiger partial charge in [-0.2, -0.15) is 0 Å². The number of benzene rings is 2. The largest absolute Gasteiger partial charge is 0.224 e. The smallest absolute Gasteiger partial charge is 0.175 e. The summed E-state index contributed by atoms with van der Waals surface area (Å²) in [5.74, 6) is -0.0814. The molecule has 0 saturated heterocycles. The molecule has 6 heteroatoms. The van der Waals surface area contributed by atoms with Crippen LogP contribution in [0.4, 0.5) is 0 Å². The number of sulfone groups is 1. The quantitative estimate of drug-likeness (QED) is 0.747. The molecule has 0 spiro atoms. The van der Waals surface area contributed by atoms with Crippen molar-refractivity contribution in [2.75, 3.05) is 0 Å². The molecule has 0 heterocycles. The van der Waals surface area contributed by atoms with Gasteiger partial charge in [-0.1, -0.05) is 53.0 Å². The molecule has 0 fully saturated rings.